The lowest BCUT2D eigenvalue weighted by atomic mass is 10.0. The number of rotatable bonds is 23. The van der Waals surface area contributed by atoms with Gasteiger partial charge in [0.05, 0.1) is 171 Å². The van der Waals surface area contributed by atoms with E-state index in [1.165, 1.54) is 10.5 Å². The van der Waals surface area contributed by atoms with Gasteiger partial charge in [0.15, 0.2) is 24.7 Å². The highest BCUT2D eigenvalue weighted by Crippen LogP contribution is 2.31. The fourth-order valence-corrected chi connectivity index (χ4v) is 15.5. The van der Waals surface area contributed by atoms with E-state index in [1.54, 1.807) is 15.9 Å². The van der Waals surface area contributed by atoms with Gasteiger partial charge in [-0.1, -0.05) is 71.8 Å². The van der Waals surface area contributed by atoms with Gasteiger partial charge in [0.25, 0.3) is 0 Å². The zero-order valence-electron chi connectivity index (χ0n) is 77.7. The van der Waals surface area contributed by atoms with Crippen molar-refractivity contribution in [1.29, 1.82) is 68.4 Å². The average Bonchev–Trinajstić information content (AvgIpc) is 0.800. The van der Waals surface area contributed by atoms with Gasteiger partial charge in [0, 0.05) is 233 Å². The van der Waals surface area contributed by atoms with Gasteiger partial charge >= 0.3 is 12.4 Å². The molecule has 9 atom stereocenters. The van der Waals surface area contributed by atoms with Gasteiger partial charge in [-0.05, 0) is 26.3 Å². The number of nitrogens with zero attached hydrogens (tertiary/aromatic N) is 31. The highest BCUT2D eigenvalue weighted by molar-refractivity contribution is 5.21. The lowest BCUT2D eigenvalue weighted by Gasteiger charge is -2.43. The molecule has 0 aliphatic carbocycles. The van der Waals surface area contributed by atoms with Crippen LogP contribution in [0.4, 0.5) is 35.1 Å². The first-order chi connectivity index (χ1) is 64.9. The zero-order valence-corrected chi connectivity index (χ0v) is 77.7. The third-order valence-electron chi connectivity index (χ3n) is 23.3. The second-order valence-electron chi connectivity index (χ2n) is 32.2. The van der Waals surface area contributed by atoms with E-state index in [-0.39, 0.29) is 32.7 Å². The Balaban J connectivity index is 0.000000515. The molecule has 1 aromatic carbocycles. The maximum Gasteiger partial charge on any atom is 0.411 e. The number of terminal acetylenes is 7. The molecule has 9 fully saturated rings. The van der Waals surface area contributed by atoms with E-state index in [4.69, 9.17) is 118 Å². The second-order valence-corrected chi connectivity index (χ2v) is 32.2. The summed E-state index contributed by atoms with van der Waals surface area (Å²) >= 11 is 0. The van der Waals surface area contributed by atoms with E-state index in [0.717, 1.165) is 141 Å². The molecule has 10 rings (SSSR count). The molecule has 0 aromatic heterocycles. The first kappa shape index (κ1) is 119. The van der Waals surface area contributed by atoms with E-state index >= 15 is 0 Å². The summed E-state index contributed by atoms with van der Waals surface area (Å²) in [6, 6.07) is 35.5. The maximum atomic E-state index is 13.5. The monoisotopic (exact) mass is 1870 g/mol. The molecule has 9 aliphatic heterocycles. The van der Waals surface area contributed by atoms with Crippen LogP contribution in [0.2, 0.25) is 0 Å². The van der Waals surface area contributed by atoms with Crippen LogP contribution in [-0.4, -0.2) is 450 Å². The van der Waals surface area contributed by atoms with Crippen LogP contribution in [0.3, 0.4) is 0 Å². The Morgan fingerprint density at radius 3 is 1.10 bits per heavy atom. The molecule has 9 saturated heterocycles. The number of nitriles is 13. The second kappa shape index (κ2) is 69.9. The molecule has 1 aromatic rings. The molecule has 40 heteroatoms. The molecule has 9 unspecified atom stereocenters. The summed E-state index contributed by atoms with van der Waals surface area (Å²) in [5.74, 6) is 17.5. The Bertz CT molecular complexity index is 4300. The molecule has 9 aliphatic rings. The molecular weight excluding hydrogens is 1740 g/mol. The van der Waals surface area contributed by atoms with Crippen LogP contribution in [0.5, 0.6) is 0 Å². The van der Waals surface area contributed by atoms with Gasteiger partial charge in [0.1, 0.15) is 18.9 Å². The van der Waals surface area contributed by atoms with Crippen LogP contribution >= 0.6 is 0 Å². The van der Waals surface area contributed by atoms with Crippen LogP contribution in [0.25, 0.3) is 0 Å². The topological polar surface area (TPSA) is 377 Å². The zero-order chi connectivity index (χ0) is 100. The molecule has 0 N–H and O–H groups in total. The van der Waals surface area contributed by atoms with Crippen LogP contribution in [0.1, 0.15) is 45.2 Å². The van der Waals surface area contributed by atoms with Crippen molar-refractivity contribution < 1.29 is 39.9 Å². The van der Waals surface area contributed by atoms with Gasteiger partial charge in [-0.15, -0.1) is 45.0 Å². The van der Waals surface area contributed by atoms with E-state index in [1.807, 2.05) is 63.2 Å². The first-order valence-corrected chi connectivity index (χ1v) is 44.2. The summed E-state index contributed by atoms with van der Waals surface area (Å²) in [6.45, 7) is 31.8. The van der Waals surface area contributed by atoms with Crippen molar-refractivity contribution in [2.45, 2.75) is 107 Å². The van der Waals surface area contributed by atoms with Gasteiger partial charge in [-0.2, -0.15) is 94.7 Å². The lowest BCUT2D eigenvalue weighted by Crippen LogP contribution is -2.61. The predicted molar refractivity (Wildman–Crippen MR) is 492 cm³/mol. The van der Waals surface area contributed by atoms with Crippen LogP contribution < -0.4 is 0 Å². The molecule has 0 radical (unpaired) electrons. The maximum absolute atomic E-state index is 13.5. The molecular formula is C95H125F8N31O. The van der Waals surface area contributed by atoms with Crippen molar-refractivity contribution in [1.82, 2.24) is 88.2 Å². The van der Waals surface area contributed by atoms with E-state index in [0.29, 0.717) is 148 Å². The number of piperazine rings is 9. The number of halogens is 8. The minimum atomic E-state index is -4.48. The van der Waals surface area contributed by atoms with Gasteiger partial charge in [-0.25, -0.2) is 8.78 Å². The average molecular weight is 1870 g/mol. The molecule has 0 amide bonds. The third-order valence-corrected chi connectivity index (χ3v) is 23.3. The van der Waals surface area contributed by atoms with Crippen molar-refractivity contribution in [2.24, 2.45) is 0 Å². The molecule has 722 valence electrons. The van der Waals surface area contributed by atoms with E-state index in [2.05, 4.69) is 166 Å². The van der Waals surface area contributed by atoms with Gasteiger partial charge in [0.2, 0.25) is 0 Å². The predicted octanol–water partition coefficient (Wildman–Crippen LogP) is 3.53. The minimum absolute atomic E-state index is 0.0480. The highest BCUT2D eigenvalue weighted by Gasteiger charge is 2.49. The largest absolute Gasteiger partial charge is 0.411 e. The summed E-state index contributed by atoms with van der Waals surface area (Å²) in [7, 11) is 0. The summed E-state index contributed by atoms with van der Waals surface area (Å²) < 4.78 is 106. The third kappa shape index (κ3) is 47.3. The van der Waals surface area contributed by atoms with Crippen molar-refractivity contribution in [3.05, 3.63) is 35.9 Å². The van der Waals surface area contributed by atoms with E-state index < -0.39 is 69.0 Å². The standard InChI is InChI=1S/C15H17N3.C11H14F3N3O.C11H11N5.C11H17N3.C10H11F4N3.C10H16N4.C10H15N3.C9H12FN3.C8H12N4/c1-2-9-18-12-11-17(10-8-16)13-15(18)14-6-4-3-5-7-14;1-2-4-16-6-7-17(5-3-15)10(8-16)18-9-11(12,13)14;1-2-10(7-12)15-3-5-16(6-4-15)11(8-13)9-14;1-4-6-13-8-9-14(7-5-12)11(3)10(13)2;1-2-4-16-7-9(11)17(5-3-15)6-8(16)10(12,13)14;11-3-1-5-13-7-9-14(10-8-13)6-2-4-12;1-3-5-12-7-8-13(6-4-11)10(2)9-12;1-2-4-12-6-7-13(5-3-11)9(10)8-12;9-1-3-11-5-7-12(4-2-10)8-6-11/h1,3-7,15H,9-13H2;1,10H,4-9H2;1,10-11H,3-6H2;1,10-11H,6-9H2,2-3H3;1,8-9H,4-7H2;1-2,5-10H2;1,10H,5-9H2,2H3;1,9H,4-8H2;3-8H2. The van der Waals surface area contributed by atoms with Gasteiger partial charge < -0.3 is 4.74 Å². The van der Waals surface area contributed by atoms with Crippen LogP contribution in [0, 0.1) is 234 Å². The fourth-order valence-electron chi connectivity index (χ4n) is 15.5. The Kier molecular flexibility index (Phi) is 61.8. The minimum Gasteiger partial charge on any atom is -0.352 e. The molecule has 32 nitrogen and oxygen atoms in total. The number of hydrogen-bond donors (Lipinski definition) is 0. The summed E-state index contributed by atoms with van der Waals surface area (Å²) in [5, 5.41) is 111. The summed E-state index contributed by atoms with van der Waals surface area (Å²) in [6.07, 6.45) is 25.4. The Labute approximate surface area is 795 Å². The highest BCUT2D eigenvalue weighted by atomic mass is 19.4. The van der Waals surface area contributed by atoms with Gasteiger partial charge in [-0.3, -0.25) is 88.2 Å². The number of benzene rings is 1. The number of hydrogen-bond acceptors (Lipinski definition) is 32. The normalized spacial score (nSPS) is 23.1. The van der Waals surface area contributed by atoms with E-state index in [9.17, 15) is 35.1 Å². The smallest absolute Gasteiger partial charge is 0.352 e. The lowest BCUT2D eigenvalue weighted by molar-refractivity contribution is -0.209. The quantitative estimate of drug-likeness (QED) is 0.0654. The Morgan fingerprint density at radius 2 is 0.681 bits per heavy atom. The summed E-state index contributed by atoms with van der Waals surface area (Å²) in [4.78, 5) is 34.5. The number of alkyl halides is 8. The number of ether oxygens (including phenoxy) is 1. The van der Waals surface area contributed by atoms with Crippen LogP contribution in [0.15, 0.2) is 30.3 Å². The molecule has 0 spiro atoms. The molecule has 0 bridgehead atoms. The van der Waals surface area contributed by atoms with Crippen molar-refractivity contribution in [2.75, 3.05) is 295 Å². The Hall–Kier alpha value is -11.8. The fraction of sp³-hybridized carbons (Fsp3) is 0.653. The van der Waals surface area contributed by atoms with Crippen molar-refractivity contribution in [3.63, 3.8) is 0 Å². The molecule has 9 heterocycles. The SMILES string of the molecule is C#CC(C#N)N1CCN(C(C#N)C#N)CC1.C#CCN1CC(F)N(CC#N)CC1C(F)(F)F.C#CCN1CCN(CC#N)C(C)C1.C#CCN1CCN(CC#N)C(C)C1C.C#CCN1CCN(CC#N)C(F)C1.C#CCN1CCN(CC#N)C(OCC(F)(F)F)C1.C#CCN1CCN(CC#N)CC1c1ccccc1.N#CCCN1CCN(CCC#N)CC1.N#CCN1CCN(CC#N)CC1. The molecule has 0 saturated carbocycles. The van der Waals surface area contributed by atoms with Crippen LogP contribution in [-0.2, 0) is 4.74 Å². The first-order valence-electron chi connectivity index (χ1n) is 44.2. The van der Waals surface area contributed by atoms with Crippen molar-refractivity contribution in [3.8, 4) is 165 Å². The molecule has 135 heavy (non-hydrogen) atoms. The Morgan fingerprint density at radius 1 is 0.333 bits per heavy atom. The van der Waals surface area contributed by atoms with Crippen molar-refractivity contribution >= 4 is 0 Å². The summed E-state index contributed by atoms with van der Waals surface area (Å²) in [5.41, 5.74) is 1.27.